The molecule has 2 aromatic carbocycles. The number of fused-ring (bicyclic) bond motifs is 1. The van der Waals surface area contributed by atoms with Gasteiger partial charge in [-0.15, -0.1) is 5.10 Å². The second kappa shape index (κ2) is 8.96. The molecule has 0 saturated carbocycles. The second-order valence-corrected chi connectivity index (χ2v) is 7.61. The van der Waals surface area contributed by atoms with Gasteiger partial charge in [-0.2, -0.15) is 5.26 Å². The summed E-state index contributed by atoms with van der Waals surface area (Å²) in [5.74, 6) is 0.378. The zero-order valence-corrected chi connectivity index (χ0v) is 18.4. The highest BCUT2D eigenvalue weighted by molar-refractivity contribution is 5.91. The Hall–Kier alpha value is -4.45. The van der Waals surface area contributed by atoms with Crippen molar-refractivity contribution in [1.29, 1.82) is 5.26 Å². The van der Waals surface area contributed by atoms with E-state index in [0.717, 1.165) is 22.4 Å². The van der Waals surface area contributed by atoms with Gasteiger partial charge in [0.15, 0.2) is 18.1 Å². The Labute approximate surface area is 190 Å². The van der Waals surface area contributed by atoms with Crippen molar-refractivity contribution in [2.45, 2.75) is 19.8 Å². The number of nitriles is 1. The summed E-state index contributed by atoms with van der Waals surface area (Å²) in [4.78, 5) is 12.3. The molecular weight excluding hydrogens is 422 g/mol. The van der Waals surface area contributed by atoms with E-state index in [1.54, 1.807) is 18.2 Å². The van der Waals surface area contributed by atoms with E-state index >= 15 is 0 Å². The molecule has 0 bridgehead atoms. The van der Waals surface area contributed by atoms with E-state index in [2.05, 4.69) is 21.6 Å². The molecule has 1 aliphatic heterocycles. The molecule has 1 atom stereocenters. The molecule has 3 aromatic rings. The van der Waals surface area contributed by atoms with E-state index in [-0.39, 0.29) is 24.0 Å². The number of benzene rings is 2. The number of rotatable bonds is 6. The number of carbonyl (C=O) groups is 1. The van der Waals surface area contributed by atoms with Crippen LogP contribution in [0.5, 0.6) is 17.4 Å². The first kappa shape index (κ1) is 21.8. The van der Waals surface area contributed by atoms with Gasteiger partial charge in [-0.05, 0) is 43.7 Å². The number of methoxy groups -OCH3 is 1. The maximum Gasteiger partial charge on any atom is 0.262 e. The van der Waals surface area contributed by atoms with Crippen LogP contribution in [0, 0.1) is 25.2 Å². The molecule has 33 heavy (non-hydrogen) atoms. The molecular formula is C24H23N5O4. The largest absolute Gasteiger partial charge is 0.493 e. The molecule has 0 aliphatic carbocycles. The number of amides is 1. The molecule has 4 rings (SSSR count). The van der Waals surface area contributed by atoms with Gasteiger partial charge in [0.05, 0.1) is 13.0 Å². The van der Waals surface area contributed by atoms with Crippen molar-refractivity contribution in [1.82, 2.24) is 10.2 Å². The average Bonchev–Trinajstić information content (AvgIpc) is 3.18. The second-order valence-electron chi connectivity index (χ2n) is 7.61. The van der Waals surface area contributed by atoms with Crippen LogP contribution in [0.25, 0.3) is 0 Å². The lowest BCUT2D eigenvalue weighted by atomic mass is 9.84. The lowest BCUT2D eigenvalue weighted by Crippen LogP contribution is -2.21. The fraction of sp³-hybridized carbons (Fsp3) is 0.208. The molecule has 0 radical (unpaired) electrons. The summed E-state index contributed by atoms with van der Waals surface area (Å²) in [6, 6.07) is 14.9. The number of nitrogens with one attached hydrogen (secondary N) is 2. The molecule has 0 unspecified atom stereocenters. The van der Waals surface area contributed by atoms with Crippen LogP contribution in [-0.2, 0) is 4.79 Å². The highest BCUT2D eigenvalue weighted by Crippen LogP contribution is 2.44. The van der Waals surface area contributed by atoms with Gasteiger partial charge in [-0.25, -0.2) is 0 Å². The first-order valence-electron chi connectivity index (χ1n) is 10.2. The summed E-state index contributed by atoms with van der Waals surface area (Å²) >= 11 is 0. The van der Waals surface area contributed by atoms with Gasteiger partial charge in [0.2, 0.25) is 11.8 Å². The van der Waals surface area contributed by atoms with Gasteiger partial charge in [-0.3, -0.25) is 9.89 Å². The topological polar surface area (TPSA) is 135 Å². The number of aryl methyl sites for hydroxylation is 2. The van der Waals surface area contributed by atoms with E-state index < -0.39 is 5.92 Å². The van der Waals surface area contributed by atoms with Crippen molar-refractivity contribution >= 4 is 11.6 Å². The fourth-order valence-electron chi connectivity index (χ4n) is 3.69. The maximum atomic E-state index is 12.3. The number of ether oxygens (including phenoxy) is 3. The highest BCUT2D eigenvalue weighted by Gasteiger charge is 2.34. The van der Waals surface area contributed by atoms with E-state index in [1.807, 2.05) is 38.1 Å². The number of H-pyrrole nitrogens is 1. The number of hydrogen-bond donors (Lipinski definition) is 3. The number of anilines is 1. The Morgan fingerprint density at radius 1 is 1.24 bits per heavy atom. The van der Waals surface area contributed by atoms with Gasteiger partial charge in [0.25, 0.3) is 5.91 Å². The van der Waals surface area contributed by atoms with E-state index in [1.165, 1.54) is 7.11 Å². The van der Waals surface area contributed by atoms with E-state index in [0.29, 0.717) is 23.1 Å². The molecule has 1 amide bonds. The molecule has 0 saturated heterocycles. The van der Waals surface area contributed by atoms with Crippen LogP contribution in [0.1, 0.15) is 28.3 Å². The summed E-state index contributed by atoms with van der Waals surface area (Å²) in [5.41, 5.74) is 10.3. The zero-order valence-electron chi connectivity index (χ0n) is 18.4. The Morgan fingerprint density at radius 2 is 2.00 bits per heavy atom. The van der Waals surface area contributed by atoms with Crippen molar-refractivity contribution in [3.05, 3.63) is 76.3 Å². The molecule has 4 N–H and O–H groups in total. The minimum Gasteiger partial charge on any atom is -0.493 e. The maximum absolute atomic E-state index is 12.3. The third-order valence-electron chi connectivity index (χ3n) is 5.34. The lowest BCUT2D eigenvalue weighted by molar-refractivity contribution is -0.118. The smallest absolute Gasteiger partial charge is 0.262 e. The number of hydrogen-bond acceptors (Lipinski definition) is 7. The van der Waals surface area contributed by atoms with Gasteiger partial charge >= 0.3 is 0 Å². The predicted octanol–water partition coefficient (Wildman–Crippen LogP) is 3.27. The SMILES string of the molecule is COc1cc([C@@H]2C(C#N)=C(N)Oc3n[nH]c(C)c32)ccc1OCC(=O)Nc1ccc(C)cc1. The first-order chi connectivity index (χ1) is 15.9. The summed E-state index contributed by atoms with van der Waals surface area (Å²) in [7, 11) is 1.51. The van der Waals surface area contributed by atoms with Gasteiger partial charge in [-0.1, -0.05) is 23.8 Å². The minimum absolute atomic E-state index is 0.00794. The Bertz CT molecular complexity index is 1270. The molecule has 9 heteroatoms. The number of nitrogens with two attached hydrogens (primary N) is 1. The number of aromatic nitrogens is 2. The normalized spacial score (nSPS) is 14.7. The van der Waals surface area contributed by atoms with Crippen molar-refractivity contribution < 1.29 is 19.0 Å². The van der Waals surface area contributed by atoms with Crippen LogP contribution < -0.4 is 25.3 Å². The Morgan fingerprint density at radius 3 is 2.70 bits per heavy atom. The molecule has 2 heterocycles. The number of nitrogens with zero attached hydrogens (tertiary/aromatic N) is 2. The molecule has 0 fully saturated rings. The van der Waals surface area contributed by atoms with E-state index in [9.17, 15) is 10.1 Å². The van der Waals surface area contributed by atoms with Crippen molar-refractivity contribution in [3.63, 3.8) is 0 Å². The molecule has 0 spiro atoms. The summed E-state index contributed by atoms with van der Waals surface area (Å²) in [6.45, 7) is 3.63. The number of carbonyl (C=O) groups excluding carboxylic acids is 1. The van der Waals surface area contributed by atoms with Crippen LogP contribution in [0.3, 0.4) is 0 Å². The van der Waals surface area contributed by atoms with Crippen molar-refractivity contribution in [2.24, 2.45) is 5.73 Å². The van der Waals surface area contributed by atoms with E-state index in [4.69, 9.17) is 19.9 Å². The zero-order chi connectivity index (χ0) is 23.5. The minimum atomic E-state index is -0.481. The van der Waals surface area contributed by atoms with Crippen LogP contribution >= 0.6 is 0 Å². The fourth-order valence-corrected chi connectivity index (χ4v) is 3.69. The van der Waals surface area contributed by atoms with Crippen LogP contribution in [0.4, 0.5) is 5.69 Å². The monoisotopic (exact) mass is 445 g/mol. The van der Waals surface area contributed by atoms with Gasteiger partial charge in [0.1, 0.15) is 11.6 Å². The molecule has 1 aromatic heterocycles. The van der Waals surface area contributed by atoms with Crippen LogP contribution in [0.15, 0.2) is 53.9 Å². The summed E-state index contributed by atoms with van der Waals surface area (Å²) in [5, 5.41) is 19.5. The van der Waals surface area contributed by atoms with Crippen LogP contribution in [0.2, 0.25) is 0 Å². The van der Waals surface area contributed by atoms with Crippen molar-refractivity contribution in [2.75, 3.05) is 19.0 Å². The lowest BCUT2D eigenvalue weighted by Gasteiger charge is -2.24. The standard InChI is InChI=1S/C24H23N5O4/c1-13-4-7-16(8-5-13)27-20(30)12-32-18-9-6-15(10-19(18)31-3)22-17(11-25)23(26)33-24-21(22)14(2)28-29-24/h4-10,22H,12,26H2,1-3H3,(H,27,30)(H,28,29)/t22-/m1/s1. The summed E-state index contributed by atoms with van der Waals surface area (Å²) in [6.07, 6.45) is 0. The Kier molecular flexibility index (Phi) is 5.91. The summed E-state index contributed by atoms with van der Waals surface area (Å²) < 4.78 is 16.7. The molecule has 9 nitrogen and oxygen atoms in total. The van der Waals surface area contributed by atoms with Crippen LogP contribution in [-0.4, -0.2) is 29.8 Å². The average molecular weight is 445 g/mol. The number of allylic oxidation sites excluding steroid dienone is 1. The predicted molar refractivity (Wildman–Crippen MR) is 121 cm³/mol. The first-order valence-corrected chi connectivity index (χ1v) is 10.2. The third-order valence-corrected chi connectivity index (χ3v) is 5.34. The molecule has 168 valence electrons. The van der Waals surface area contributed by atoms with Gasteiger partial charge in [0, 0.05) is 16.9 Å². The molecule has 1 aliphatic rings. The Balaban J connectivity index is 1.56. The number of aromatic amines is 1. The highest BCUT2D eigenvalue weighted by atomic mass is 16.5. The third kappa shape index (κ3) is 4.32. The van der Waals surface area contributed by atoms with Crippen molar-refractivity contribution in [3.8, 4) is 23.4 Å². The van der Waals surface area contributed by atoms with Gasteiger partial charge < -0.3 is 25.3 Å². The quantitative estimate of drug-likeness (QED) is 0.530.